The number of esters is 1. The fourth-order valence-corrected chi connectivity index (χ4v) is 4.57. The number of carbonyl (C=O) groups excluding carboxylic acids is 2. The van der Waals surface area contributed by atoms with Gasteiger partial charge >= 0.3 is 5.97 Å². The molecule has 1 N–H and O–H groups in total. The van der Waals surface area contributed by atoms with E-state index in [1.807, 2.05) is 6.92 Å². The lowest BCUT2D eigenvalue weighted by Gasteiger charge is -2.12. The van der Waals surface area contributed by atoms with Crippen molar-refractivity contribution in [1.29, 1.82) is 0 Å². The molecular formula is C19H20N4O3S. The zero-order chi connectivity index (χ0) is 18.8. The molecule has 1 aliphatic rings. The molecule has 0 aliphatic heterocycles. The summed E-state index contributed by atoms with van der Waals surface area (Å²) in [5, 5.41) is 7.61. The summed E-state index contributed by atoms with van der Waals surface area (Å²) in [6, 6.07) is 1.75. The van der Waals surface area contributed by atoms with E-state index in [0.717, 1.165) is 42.5 Å². The van der Waals surface area contributed by atoms with Crippen molar-refractivity contribution in [1.82, 2.24) is 14.6 Å². The highest BCUT2D eigenvalue weighted by Gasteiger charge is 2.28. The van der Waals surface area contributed by atoms with Gasteiger partial charge < -0.3 is 10.1 Å². The molecule has 0 bridgehead atoms. The molecule has 8 heteroatoms. The molecular weight excluding hydrogens is 364 g/mol. The van der Waals surface area contributed by atoms with Crippen LogP contribution in [0.15, 0.2) is 24.7 Å². The molecule has 0 radical (unpaired) electrons. The maximum Gasteiger partial charge on any atom is 0.341 e. The van der Waals surface area contributed by atoms with E-state index in [9.17, 15) is 9.59 Å². The summed E-state index contributed by atoms with van der Waals surface area (Å²) < 4.78 is 6.92. The Labute approximate surface area is 160 Å². The molecule has 0 saturated heterocycles. The van der Waals surface area contributed by atoms with Crippen LogP contribution in [0.3, 0.4) is 0 Å². The average Bonchev–Trinajstić information content (AvgIpc) is 3.27. The van der Waals surface area contributed by atoms with Crippen molar-refractivity contribution in [3.05, 3.63) is 46.2 Å². The van der Waals surface area contributed by atoms with Gasteiger partial charge in [-0.2, -0.15) is 5.10 Å². The van der Waals surface area contributed by atoms with Gasteiger partial charge in [-0.15, -0.1) is 11.3 Å². The van der Waals surface area contributed by atoms with E-state index in [1.165, 1.54) is 17.5 Å². The van der Waals surface area contributed by atoms with E-state index in [0.29, 0.717) is 28.4 Å². The van der Waals surface area contributed by atoms with Crippen LogP contribution in [0.25, 0.3) is 5.65 Å². The van der Waals surface area contributed by atoms with E-state index < -0.39 is 0 Å². The number of ether oxygens (including phenoxy) is 1. The summed E-state index contributed by atoms with van der Waals surface area (Å²) in [6.45, 7) is 2.33. The van der Waals surface area contributed by atoms with Crippen LogP contribution in [0.2, 0.25) is 0 Å². The predicted molar refractivity (Wildman–Crippen MR) is 102 cm³/mol. The lowest BCUT2D eigenvalue weighted by molar-refractivity contribution is 0.0505. The zero-order valence-electron chi connectivity index (χ0n) is 15.0. The molecule has 0 unspecified atom stereocenters. The average molecular weight is 384 g/mol. The van der Waals surface area contributed by atoms with Gasteiger partial charge in [0.05, 0.1) is 18.4 Å². The van der Waals surface area contributed by atoms with E-state index in [2.05, 4.69) is 15.4 Å². The van der Waals surface area contributed by atoms with Gasteiger partial charge in [-0.25, -0.2) is 14.3 Å². The Hall–Kier alpha value is -2.74. The Morgan fingerprint density at radius 3 is 3.04 bits per heavy atom. The highest BCUT2D eigenvalue weighted by Crippen LogP contribution is 2.38. The molecule has 3 heterocycles. The summed E-state index contributed by atoms with van der Waals surface area (Å²) in [6.07, 6.45) is 9.51. The van der Waals surface area contributed by atoms with E-state index in [4.69, 9.17) is 4.74 Å². The molecule has 140 valence electrons. The lowest BCUT2D eigenvalue weighted by Crippen LogP contribution is -2.16. The first-order valence-electron chi connectivity index (χ1n) is 9.10. The number of amides is 1. The smallest absolute Gasteiger partial charge is 0.341 e. The Kier molecular flexibility index (Phi) is 4.89. The predicted octanol–water partition coefficient (Wildman–Crippen LogP) is 3.49. The number of rotatable bonds is 5. The largest absolute Gasteiger partial charge is 0.462 e. The number of hydrogen-bond acceptors (Lipinski definition) is 6. The van der Waals surface area contributed by atoms with E-state index in [-0.39, 0.29) is 11.9 Å². The first-order valence-corrected chi connectivity index (χ1v) is 9.92. The van der Waals surface area contributed by atoms with Crippen molar-refractivity contribution < 1.29 is 14.3 Å². The molecule has 3 aromatic heterocycles. The maximum atomic E-state index is 12.8. The molecule has 27 heavy (non-hydrogen) atoms. The Bertz CT molecular complexity index is 1010. The number of aryl methyl sites for hydroxylation is 1. The Morgan fingerprint density at radius 2 is 2.19 bits per heavy atom. The van der Waals surface area contributed by atoms with E-state index >= 15 is 0 Å². The summed E-state index contributed by atoms with van der Waals surface area (Å²) in [4.78, 5) is 30.9. The maximum absolute atomic E-state index is 12.8. The number of carbonyl (C=O) groups is 2. The van der Waals surface area contributed by atoms with Crippen molar-refractivity contribution in [2.75, 3.05) is 11.9 Å². The van der Waals surface area contributed by atoms with Crippen LogP contribution in [-0.2, 0) is 17.6 Å². The van der Waals surface area contributed by atoms with Gasteiger partial charge in [0, 0.05) is 17.3 Å². The Balaban J connectivity index is 1.67. The summed E-state index contributed by atoms with van der Waals surface area (Å²) in [5.74, 6) is -0.684. The summed E-state index contributed by atoms with van der Waals surface area (Å²) in [5.41, 5.74) is 2.39. The molecule has 3 aromatic rings. The summed E-state index contributed by atoms with van der Waals surface area (Å²) >= 11 is 1.47. The van der Waals surface area contributed by atoms with Crippen LogP contribution in [0.5, 0.6) is 0 Å². The van der Waals surface area contributed by atoms with Gasteiger partial charge in [0.2, 0.25) is 0 Å². The number of nitrogens with zero attached hydrogens (tertiary/aromatic N) is 3. The normalized spacial score (nSPS) is 13.4. The highest BCUT2D eigenvalue weighted by atomic mass is 32.1. The minimum absolute atomic E-state index is 0.327. The van der Waals surface area contributed by atoms with Crippen molar-refractivity contribution in [2.45, 2.75) is 39.0 Å². The molecule has 0 atom stereocenters. The molecule has 0 saturated carbocycles. The second kappa shape index (κ2) is 7.48. The molecule has 1 aliphatic carbocycles. The van der Waals surface area contributed by atoms with Crippen LogP contribution in [0.1, 0.15) is 57.3 Å². The number of thiophene rings is 1. The lowest BCUT2D eigenvalue weighted by atomic mass is 9.95. The fourth-order valence-electron chi connectivity index (χ4n) is 3.29. The fraction of sp³-hybridized carbons (Fsp3) is 0.368. The highest BCUT2D eigenvalue weighted by molar-refractivity contribution is 7.17. The third-order valence-corrected chi connectivity index (χ3v) is 5.77. The SMILES string of the molecule is CCCOC(=O)c1c(NC(=O)c2cnn3cccnc23)sc2c1CCCC2. The minimum Gasteiger partial charge on any atom is -0.462 e. The Morgan fingerprint density at radius 1 is 1.33 bits per heavy atom. The van der Waals surface area contributed by atoms with Crippen LogP contribution in [-0.4, -0.2) is 33.1 Å². The van der Waals surface area contributed by atoms with E-state index in [1.54, 1.807) is 23.0 Å². The molecule has 1 amide bonds. The van der Waals surface area contributed by atoms with Gasteiger partial charge in [0.1, 0.15) is 10.6 Å². The molecule has 7 nitrogen and oxygen atoms in total. The van der Waals surface area contributed by atoms with Crippen molar-refractivity contribution in [2.24, 2.45) is 0 Å². The second-order valence-corrected chi connectivity index (χ2v) is 7.56. The first kappa shape index (κ1) is 17.7. The number of fused-ring (bicyclic) bond motifs is 2. The second-order valence-electron chi connectivity index (χ2n) is 6.45. The first-order chi connectivity index (χ1) is 13.2. The van der Waals surface area contributed by atoms with Crippen LogP contribution in [0, 0.1) is 0 Å². The monoisotopic (exact) mass is 384 g/mol. The topological polar surface area (TPSA) is 85.6 Å². The van der Waals surface area contributed by atoms with Crippen molar-refractivity contribution in [3.8, 4) is 0 Å². The van der Waals surface area contributed by atoms with Crippen LogP contribution in [0.4, 0.5) is 5.00 Å². The van der Waals surface area contributed by atoms with Crippen LogP contribution < -0.4 is 5.32 Å². The van der Waals surface area contributed by atoms with Gasteiger partial charge in [0.25, 0.3) is 5.91 Å². The number of nitrogens with one attached hydrogen (secondary N) is 1. The summed E-state index contributed by atoms with van der Waals surface area (Å²) in [7, 11) is 0. The molecule has 0 fully saturated rings. The third kappa shape index (κ3) is 3.32. The minimum atomic E-state index is -0.357. The zero-order valence-corrected chi connectivity index (χ0v) is 15.8. The molecule has 0 spiro atoms. The molecule has 0 aromatic carbocycles. The van der Waals surface area contributed by atoms with Gasteiger partial charge in [-0.05, 0) is 43.7 Å². The van der Waals surface area contributed by atoms with Gasteiger partial charge in [-0.3, -0.25) is 4.79 Å². The van der Waals surface area contributed by atoms with Crippen LogP contribution >= 0.6 is 11.3 Å². The van der Waals surface area contributed by atoms with Gasteiger partial charge in [0.15, 0.2) is 5.65 Å². The number of aromatic nitrogens is 3. The third-order valence-electron chi connectivity index (χ3n) is 4.56. The number of anilines is 1. The molecule has 4 rings (SSSR count). The van der Waals surface area contributed by atoms with Gasteiger partial charge in [-0.1, -0.05) is 6.92 Å². The standard InChI is InChI=1S/C19H20N4O3S/c1-2-10-26-19(25)15-12-6-3-4-7-14(12)27-18(15)22-17(24)13-11-21-23-9-5-8-20-16(13)23/h5,8-9,11H,2-4,6-7,10H2,1H3,(H,22,24). The van der Waals surface area contributed by atoms with Crippen molar-refractivity contribution >= 4 is 33.9 Å². The quantitative estimate of drug-likeness (QED) is 0.681. The number of hydrogen-bond donors (Lipinski definition) is 1. The van der Waals surface area contributed by atoms with Crippen molar-refractivity contribution in [3.63, 3.8) is 0 Å².